The average Bonchev–Trinajstić information content (AvgIpc) is 2.96. The van der Waals surface area contributed by atoms with Crippen LogP contribution in [0.25, 0.3) is 11.5 Å². The van der Waals surface area contributed by atoms with E-state index in [1.165, 1.54) is 18.4 Å². The van der Waals surface area contributed by atoms with Crippen LogP contribution in [0.4, 0.5) is 0 Å². The number of hydrogen-bond donors (Lipinski definition) is 1. The number of nitrogens with zero attached hydrogens (tertiary/aromatic N) is 2. The third kappa shape index (κ3) is 3.55. The van der Waals surface area contributed by atoms with Crippen LogP contribution in [0, 0.1) is 5.92 Å². The van der Waals surface area contributed by atoms with E-state index < -0.39 is 0 Å². The molecule has 2 aromatic rings. The van der Waals surface area contributed by atoms with Crippen molar-refractivity contribution in [3.63, 3.8) is 0 Å². The van der Waals surface area contributed by atoms with Gasteiger partial charge in [-0.1, -0.05) is 38.1 Å². The quantitative estimate of drug-likeness (QED) is 0.941. The lowest BCUT2D eigenvalue weighted by Crippen LogP contribution is -2.28. The SMILES string of the molecule is CC(C)(C)c1ccc(-c2nc(CC3CCNCC3)no2)cc1. The fraction of sp³-hybridized carbons (Fsp3) is 0.556. The third-order valence-corrected chi connectivity index (χ3v) is 4.40. The van der Waals surface area contributed by atoms with Crippen molar-refractivity contribution in [2.45, 2.75) is 45.4 Å². The Hall–Kier alpha value is -1.68. The Labute approximate surface area is 132 Å². The van der Waals surface area contributed by atoms with Gasteiger partial charge < -0.3 is 9.84 Å². The molecule has 1 N–H and O–H groups in total. The molecule has 1 fully saturated rings. The van der Waals surface area contributed by atoms with Crippen LogP contribution >= 0.6 is 0 Å². The third-order valence-electron chi connectivity index (χ3n) is 4.40. The molecule has 22 heavy (non-hydrogen) atoms. The summed E-state index contributed by atoms with van der Waals surface area (Å²) in [6, 6.07) is 8.43. The Morgan fingerprint density at radius 2 is 1.82 bits per heavy atom. The van der Waals surface area contributed by atoms with E-state index in [0.717, 1.165) is 30.9 Å². The van der Waals surface area contributed by atoms with Crippen molar-refractivity contribution in [2.24, 2.45) is 5.92 Å². The van der Waals surface area contributed by atoms with E-state index in [1.54, 1.807) is 0 Å². The molecule has 1 saturated heterocycles. The molecular formula is C18H25N3O. The van der Waals surface area contributed by atoms with Crippen molar-refractivity contribution in [2.75, 3.05) is 13.1 Å². The van der Waals surface area contributed by atoms with Gasteiger partial charge in [-0.05, 0) is 55.0 Å². The first-order chi connectivity index (χ1) is 10.5. The van der Waals surface area contributed by atoms with Gasteiger partial charge in [0.25, 0.3) is 5.89 Å². The molecular weight excluding hydrogens is 274 g/mol. The van der Waals surface area contributed by atoms with Crippen LogP contribution in [0.2, 0.25) is 0 Å². The van der Waals surface area contributed by atoms with Crippen molar-refractivity contribution in [1.29, 1.82) is 0 Å². The summed E-state index contributed by atoms with van der Waals surface area (Å²) in [7, 11) is 0. The molecule has 0 amide bonds. The molecule has 0 unspecified atom stereocenters. The maximum absolute atomic E-state index is 5.44. The van der Waals surface area contributed by atoms with Gasteiger partial charge in [0.2, 0.25) is 0 Å². The first kappa shape index (κ1) is 15.2. The lowest BCUT2D eigenvalue weighted by Gasteiger charge is -2.20. The summed E-state index contributed by atoms with van der Waals surface area (Å²) < 4.78 is 5.44. The highest BCUT2D eigenvalue weighted by molar-refractivity contribution is 5.53. The van der Waals surface area contributed by atoms with Crippen molar-refractivity contribution >= 4 is 0 Å². The molecule has 0 atom stereocenters. The Balaban J connectivity index is 1.70. The second-order valence-corrected chi connectivity index (χ2v) is 7.24. The summed E-state index contributed by atoms with van der Waals surface area (Å²) >= 11 is 0. The van der Waals surface area contributed by atoms with Crippen LogP contribution in [0.15, 0.2) is 28.8 Å². The minimum Gasteiger partial charge on any atom is -0.334 e. The van der Waals surface area contributed by atoms with Gasteiger partial charge in [-0.25, -0.2) is 0 Å². The predicted molar refractivity (Wildman–Crippen MR) is 87.7 cm³/mol. The van der Waals surface area contributed by atoms with Gasteiger partial charge in [-0.2, -0.15) is 4.98 Å². The summed E-state index contributed by atoms with van der Waals surface area (Å²) in [4.78, 5) is 4.57. The van der Waals surface area contributed by atoms with E-state index in [4.69, 9.17) is 4.52 Å². The van der Waals surface area contributed by atoms with Crippen molar-refractivity contribution in [1.82, 2.24) is 15.5 Å². The van der Waals surface area contributed by atoms with Gasteiger partial charge in [0.1, 0.15) is 0 Å². The molecule has 1 aromatic heterocycles. The first-order valence-electron chi connectivity index (χ1n) is 8.16. The van der Waals surface area contributed by atoms with Crippen molar-refractivity contribution in [3.05, 3.63) is 35.7 Å². The fourth-order valence-corrected chi connectivity index (χ4v) is 2.91. The van der Waals surface area contributed by atoms with Gasteiger partial charge in [0.15, 0.2) is 5.82 Å². The molecule has 118 valence electrons. The molecule has 4 heteroatoms. The molecule has 0 saturated carbocycles. The van der Waals surface area contributed by atoms with E-state index in [1.807, 2.05) is 0 Å². The Kier molecular flexibility index (Phi) is 4.30. The van der Waals surface area contributed by atoms with Crippen LogP contribution in [-0.4, -0.2) is 23.2 Å². The monoisotopic (exact) mass is 299 g/mol. The fourth-order valence-electron chi connectivity index (χ4n) is 2.91. The van der Waals surface area contributed by atoms with E-state index in [0.29, 0.717) is 11.8 Å². The second kappa shape index (κ2) is 6.21. The summed E-state index contributed by atoms with van der Waals surface area (Å²) in [5.41, 5.74) is 2.47. The zero-order chi connectivity index (χ0) is 15.6. The molecule has 1 aromatic carbocycles. The smallest absolute Gasteiger partial charge is 0.257 e. The standard InChI is InChI=1S/C18H25N3O/c1-18(2,3)15-6-4-14(5-7-15)17-20-16(21-22-17)12-13-8-10-19-11-9-13/h4-7,13,19H,8-12H2,1-3H3. The van der Waals surface area contributed by atoms with Gasteiger partial charge in [0, 0.05) is 12.0 Å². The average molecular weight is 299 g/mol. The highest BCUT2D eigenvalue weighted by Crippen LogP contribution is 2.26. The first-order valence-corrected chi connectivity index (χ1v) is 8.16. The van der Waals surface area contributed by atoms with Crippen LogP contribution in [-0.2, 0) is 11.8 Å². The molecule has 0 spiro atoms. The molecule has 4 nitrogen and oxygen atoms in total. The van der Waals surface area contributed by atoms with Crippen LogP contribution in [0.1, 0.15) is 45.0 Å². The Morgan fingerprint density at radius 3 is 2.45 bits per heavy atom. The maximum atomic E-state index is 5.44. The number of hydrogen-bond acceptors (Lipinski definition) is 4. The summed E-state index contributed by atoms with van der Waals surface area (Å²) in [5.74, 6) is 2.14. The number of piperidine rings is 1. The number of rotatable bonds is 3. The molecule has 0 radical (unpaired) electrons. The summed E-state index contributed by atoms with van der Waals surface area (Å²) in [6.07, 6.45) is 3.32. The summed E-state index contributed by atoms with van der Waals surface area (Å²) in [6.45, 7) is 8.84. The molecule has 1 aliphatic heterocycles. The lowest BCUT2D eigenvalue weighted by molar-refractivity contribution is 0.356. The van der Waals surface area contributed by atoms with E-state index in [2.05, 4.69) is 60.5 Å². The van der Waals surface area contributed by atoms with Crippen molar-refractivity contribution < 1.29 is 4.52 Å². The van der Waals surface area contributed by atoms with Gasteiger partial charge in [0.05, 0.1) is 0 Å². The number of aromatic nitrogens is 2. The topological polar surface area (TPSA) is 51.0 Å². The van der Waals surface area contributed by atoms with Crippen LogP contribution < -0.4 is 5.32 Å². The predicted octanol–water partition coefficient (Wildman–Crippen LogP) is 3.58. The van der Waals surface area contributed by atoms with Crippen LogP contribution in [0.3, 0.4) is 0 Å². The van der Waals surface area contributed by atoms with Gasteiger partial charge >= 0.3 is 0 Å². The molecule has 0 bridgehead atoms. The maximum Gasteiger partial charge on any atom is 0.257 e. The van der Waals surface area contributed by atoms with E-state index in [9.17, 15) is 0 Å². The number of nitrogens with one attached hydrogen (secondary N) is 1. The van der Waals surface area contributed by atoms with Gasteiger partial charge in [-0.15, -0.1) is 0 Å². The van der Waals surface area contributed by atoms with Crippen molar-refractivity contribution in [3.8, 4) is 11.5 Å². The van der Waals surface area contributed by atoms with Crippen LogP contribution in [0.5, 0.6) is 0 Å². The normalized spacial score (nSPS) is 16.9. The lowest BCUT2D eigenvalue weighted by atomic mass is 9.87. The zero-order valence-electron chi connectivity index (χ0n) is 13.7. The minimum absolute atomic E-state index is 0.160. The highest BCUT2D eigenvalue weighted by atomic mass is 16.5. The number of benzene rings is 1. The molecule has 0 aliphatic carbocycles. The minimum atomic E-state index is 0.160. The van der Waals surface area contributed by atoms with Gasteiger partial charge in [-0.3, -0.25) is 0 Å². The summed E-state index contributed by atoms with van der Waals surface area (Å²) in [5, 5.41) is 7.54. The highest BCUT2D eigenvalue weighted by Gasteiger charge is 2.18. The molecule has 1 aliphatic rings. The van der Waals surface area contributed by atoms with E-state index in [-0.39, 0.29) is 5.41 Å². The van der Waals surface area contributed by atoms with E-state index >= 15 is 0 Å². The Morgan fingerprint density at radius 1 is 1.14 bits per heavy atom. The Bertz CT molecular complexity index is 604. The molecule has 3 rings (SSSR count). The largest absolute Gasteiger partial charge is 0.334 e. The second-order valence-electron chi connectivity index (χ2n) is 7.24. The zero-order valence-corrected chi connectivity index (χ0v) is 13.7. The molecule has 2 heterocycles.